The minimum atomic E-state index is 0.573. The van der Waals surface area contributed by atoms with E-state index in [1.54, 1.807) is 0 Å². The van der Waals surface area contributed by atoms with Gasteiger partial charge in [-0.15, -0.1) is 0 Å². The smallest absolute Gasteiger partial charge is 0.228 e. The number of hydrogen-bond acceptors (Lipinski definition) is 5. The van der Waals surface area contributed by atoms with Crippen molar-refractivity contribution in [1.29, 1.82) is 0 Å². The maximum Gasteiger partial charge on any atom is 0.228 e. The van der Waals surface area contributed by atoms with Gasteiger partial charge in [-0.2, -0.15) is 0 Å². The molecule has 0 aliphatic rings. The summed E-state index contributed by atoms with van der Waals surface area (Å²) in [7, 11) is 0. The highest BCUT2D eigenvalue weighted by molar-refractivity contribution is 6.12. The normalized spacial score (nSPS) is 11.5. The van der Waals surface area contributed by atoms with Gasteiger partial charge in [0.05, 0.1) is 5.69 Å². The van der Waals surface area contributed by atoms with E-state index in [1.807, 2.05) is 54.7 Å². The third-order valence-electron chi connectivity index (χ3n) is 9.55. The standard InChI is InChI=1S/C46H29N3O2/c1-2-11-30(12-3-1)32-15-8-16-34(27-32)49(44-26-23-33(29-47-44)37-18-9-14-31-13-4-5-17-36(31)37)35-24-25-38-43(28-35)50-42-22-10-19-39(45(38)42)46-48-40-20-6-7-21-41(40)51-46/h1-29H. The molecule has 5 heteroatoms. The van der Waals surface area contributed by atoms with Gasteiger partial charge >= 0.3 is 0 Å². The van der Waals surface area contributed by atoms with Crippen LogP contribution in [0.25, 0.3) is 77.5 Å². The molecule has 0 saturated carbocycles. The molecule has 0 spiro atoms. The molecule has 0 saturated heterocycles. The van der Waals surface area contributed by atoms with Crippen LogP contribution in [0.2, 0.25) is 0 Å². The summed E-state index contributed by atoms with van der Waals surface area (Å²) in [5, 5.41) is 4.37. The molecule has 0 unspecified atom stereocenters. The Balaban J connectivity index is 1.12. The number of fused-ring (bicyclic) bond motifs is 5. The SMILES string of the molecule is c1ccc(-c2cccc(N(c3ccc4c(c3)oc3cccc(-c5nc6ccccc6o5)c34)c3ccc(-c4cccc5ccccc45)cn3)c2)cc1. The molecule has 0 amide bonds. The van der Waals surface area contributed by atoms with E-state index in [0.29, 0.717) is 5.89 Å². The van der Waals surface area contributed by atoms with E-state index in [1.165, 1.54) is 10.8 Å². The average Bonchev–Trinajstić information content (AvgIpc) is 3.80. The first-order valence-corrected chi connectivity index (χ1v) is 17.0. The molecule has 5 nitrogen and oxygen atoms in total. The number of pyridine rings is 1. The second kappa shape index (κ2) is 11.9. The number of rotatable bonds is 6. The van der Waals surface area contributed by atoms with E-state index >= 15 is 0 Å². The van der Waals surface area contributed by atoms with Gasteiger partial charge in [-0.25, -0.2) is 9.97 Å². The average molecular weight is 656 g/mol. The Morgan fingerprint density at radius 3 is 2.10 bits per heavy atom. The molecule has 0 N–H and O–H groups in total. The van der Waals surface area contributed by atoms with Crippen LogP contribution in [-0.4, -0.2) is 9.97 Å². The number of anilines is 3. The Kier molecular flexibility index (Phi) is 6.74. The van der Waals surface area contributed by atoms with Gasteiger partial charge in [-0.3, -0.25) is 4.90 Å². The Morgan fingerprint density at radius 2 is 1.20 bits per heavy atom. The van der Waals surface area contributed by atoms with Crippen molar-refractivity contribution in [2.75, 3.05) is 4.90 Å². The van der Waals surface area contributed by atoms with Crippen molar-refractivity contribution in [2.24, 2.45) is 0 Å². The molecule has 0 aliphatic carbocycles. The summed E-state index contributed by atoms with van der Waals surface area (Å²) < 4.78 is 12.7. The fourth-order valence-corrected chi connectivity index (χ4v) is 7.14. The van der Waals surface area contributed by atoms with Gasteiger partial charge in [0.1, 0.15) is 22.5 Å². The summed E-state index contributed by atoms with van der Waals surface area (Å²) in [6, 6.07) is 58.4. The first-order valence-electron chi connectivity index (χ1n) is 17.0. The van der Waals surface area contributed by atoms with Crippen molar-refractivity contribution in [3.8, 4) is 33.7 Å². The second-order valence-corrected chi connectivity index (χ2v) is 12.6. The summed E-state index contributed by atoms with van der Waals surface area (Å²) in [6.07, 6.45) is 1.97. The number of hydrogen-bond donors (Lipinski definition) is 0. The molecule has 0 aliphatic heterocycles. The number of para-hydroxylation sites is 2. The highest BCUT2D eigenvalue weighted by Gasteiger charge is 2.20. The quantitative estimate of drug-likeness (QED) is 0.178. The van der Waals surface area contributed by atoms with Gasteiger partial charge in [-0.05, 0) is 88.1 Å². The summed E-state index contributed by atoms with van der Waals surface area (Å²) in [4.78, 5) is 12.1. The molecule has 7 aromatic carbocycles. The molecule has 0 atom stereocenters. The lowest BCUT2D eigenvalue weighted by Gasteiger charge is -2.25. The fourth-order valence-electron chi connectivity index (χ4n) is 7.14. The number of benzene rings is 7. The van der Waals surface area contributed by atoms with Crippen LogP contribution in [0, 0.1) is 0 Å². The Bertz CT molecular complexity index is 2830. The molecule has 0 radical (unpaired) electrons. The molecule has 51 heavy (non-hydrogen) atoms. The maximum absolute atomic E-state index is 6.55. The van der Waals surface area contributed by atoms with E-state index in [0.717, 1.165) is 78.0 Å². The molecule has 240 valence electrons. The van der Waals surface area contributed by atoms with Gasteiger partial charge in [0.25, 0.3) is 0 Å². The van der Waals surface area contributed by atoms with Crippen molar-refractivity contribution in [2.45, 2.75) is 0 Å². The largest absolute Gasteiger partial charge is 0.456 e. The molecule has 0 fully saturated rings. The first-order chi connectivity index (χ1) is 25.3. The molecule has 3 heterocycles. The van der Waals surface area contributed by atoms with E-state index < -0.39 is 0 Å². The minimum absolute atomic E-state index is 0.573. The van der Waals surface area contributed by atoms with Gasteiger partial charge in [0, 0.05) is 39.8 Å². The van der Waals surface area contributed by atoms with Gasteiger partial charge in [0.15, 0.2) is 5.58 Å². The lowest BCUT2D eigenvalue weighted by Crippen LogP contribution is -2.11. The van der Waals surface area contributed by atoms with Crippen molar-refractivity contribution < 1.29 is 8.83 Å². The maximum atomic E-state index is 6.55. The zero-order valence-corrected chi connectivity index (χ0v) is 27.4. The van der Waals surface area contributed by atoms with Crippen molar-refractivity contribution in [3.63, 3.8) is 0 Å². The topological polar surface area (TPSA) is 55.3 Å². The summed E-state index contributed by atoms with van der Waals surface area (Å²) in [6.45, 7) is 0. The number of furan rings is 1. The van der Waals surface area contributed by atoms with Crippen LogP contribution in [0.4, 0.5) is 17.2 Å². The number of aromatic nitrogens is 2. The van der Waals surface area contributed by atoms with Crippen LogP contribution < -0.4 is 4.90 Å². The zero-order valence-electron chi connectivity index (χ0n) is 27.4. The first kappa shape index (κ1) is 29.0. The van der Waals surface area contributed by atoms with Crippen molar-refractivity contribution >= 4 is 61.0 Å². The van der Waals surface area contributed by atoms with Crippen LogP contribution in [0.3, 0.4) is 0 Å². The Morgan fingerprint density at radius 1 is 0.451 bits per heavy atom. The zero-order chi connectivity index (χ0) is 33.7. The number of oxazole rings is 1. The lowest BCUT2D eigenvalue weighted by atomic mass is 9.99. The summed E-state index contributed by atoms with van der Waals surface area (Å²) >= 11 is 0. The predicted octanol–water partition coefficient (Wildman–Crippen LogP) is 12.7. The molecule has 10 rings (SSSR count). The molecule has 10 aromatic rings. The molecular formula is C46H29N3O2. The monoisotopic (exact) mass is 655 g/mol. The third kappa shape index (κ3) is 5.03. The van der Waals surface area contributed by atoms with Crippen LogP contribution in [0.15, 0.2) is 185 Å². The van der Waals surface area contributed by atoms with Gasteiger partial charge in [-0.1, -0.05) is 103 Å². The second-order valence-electron chi connectivity index (χ2n) is 12.6. The van der Waals surface area contributed by atoms with Crippen LogP contribution in [0.1, 0.15) is 0 Å². The lowest BCUT2D eigenvalue weighted by molar-refractivity contribution is 0.620. The van der Waals surface area contributed by atoms with E-state index in [2.05, 4.69) is 126 Å². The highest BCUT2D eigenvalue weighted by atomic mass is 16.3. The van der Waals surface area contributed by atoms with E-state index in [-0.39, 0.29) is 0 Å². The van der Waals surface area contributed by atoms with Crippen LogP contribution in [-0.2, 0) is 0 Å². The van der Waals surface area contributed by atoms with Gasteiger partial charge in [0.2, 0.25) is 5.89 Å². The van der Waals surface area contributed by atoms with Crippen LogP contribution in [0.5, 0.6) is 0 Å². The Labute approximate surface area is 293 Å². The fraction of sp³-hybridized carbons (Fsp3) is 0. The van der Waals surface area contributed by atoms with Crippen molar-refractivity contribution in [3.05, 3.63) is 176 Å². The summed E-state index contributed by atoms with van der Waals surface area (Å²) in [5.74, 6) is 1.37. The van der Waals surface area contributed by atoms with E-state index in [9.17, 15) is 0 Å². The van der Waals surface area contributed by atoms with Crippen LogP contribution >= 0.6 is 0 Å². The molecule has 0 bridgehead atoms. The highest BCUT2D eigenvalue weighted by Crippen LogP contribution is 2.42. The minimum Gasteiger partial charge on any atom is -0.456 e. The number of nitrogens with zero attached hydrogens (tertiary/aromatic N) is 3. The van der Waals surface area contributed by atoms with E-state index in [4.69, 9.17) is 18.8 Å². The third-order valence-corrected chi connectivity index (χ3v) is 9.55. The van der Waals surface area contributed by atoms with Gasteiger partial charge < -0.3 is 8.83 Å². The van der Waals surface area contributed by atoms with Crippen molar-refractivity contribution in [1.82, 2.24) is 9.97 Å². The Hall–Kier alpha value is -6.98. The predicted molar refractivity (Wildman–Crippen MR) is 208 cm³/mol. The molecular weight excluding hydrogens is 627 g/mol. The molecule has 3 aromatic heterocycles. The summed E-state index contributed by atoms with van der Waals surface area (Å²) in [5.41, 5.74) is 10.4.